The molecule has 2 aromatic rings. The van der Waals surface area contributed by atoms with E-state index in [0.717, 1.165) is 39.1 Å². The van der Waals surface area contributed by atoms with Crippen LogP contribution in [0.15, 0.2) is 54.6 Å². The molecule has 0 bridgehead atoms. The maximum Gasteiger partial charge on any atom is 0.0892 e. The van der Waals surface area contributed by atoms with Crippen molar-refractivity contribution in [2.24, 2.45) is 0 Å². The summed E-state index contributed by atoms with van der Waals surface area (Å²) in [6, 6.07) is 17.5. The van der Waals surface area contributed by atoms with Crippen LogP contribution in [0.4, 0.5) is 0 Å². The summed E-state index contributed by atoms with van der Waals surface area (Å²) in [5, 5.41) is 9.23. The third-order valence-corrected chi connectivity index (χ3v) is 5.23. The molecule has 130 valence electrons. The van der Waals surface area contributed by atoms with Gasteiger partial charge in [-0.25, -0.2) is 0 Å². The second-order valence-corrected chi connectivity index (χ2v) is 6.83. The molecule has 0 aromatic heterocycles. The normalized spacial score (nSPS) is 20.5. The lowest BCUT2D eigenvalue weighted by Crippen LogP contribution is -2.42. The monoisotopic (exact) mass is 335 g/mol. The smallest absolute Gasteiger partial charge is 0.0892 e. The molecule has 0 radical (unpaired) electrons. The zero-order valence-electron chi connectivity index (χ0n) is 14.5. The SMILES string of the molecule is OCCN1CCOC(C=C2c3ccccc3CCc3ccccc32)C1. The summed E-state index contributed by atoms with van der Waals surface area (Å²) in [6.07, 6.45) is 4.51. The van der Waals surface area contributed by atoms with Crippen LogP contribution < -0.4 is 0 Å². The minimum atomic E-state index is 0.0644. The molecule has 1 heterocycles. The van der Waals surface area contributed by atoms with Crippen LogP contribution in [0.5, 0.6) is 0 Å². The van der Waals surface area contributed by atoms with Gasteiger partial charge in [-0.15, -0.1) is 0 Å². The summed E-state index contributed by atoms with van der Waals surface area (Å²) in [4.78, 5) is 2.28. The molecule has 1 aliphatic heterocycles. The van der Waals surface area contributed by atoms with Gasteiger partial charge in [-0.3, -0.25) is 4.90 Å². The van der Waals surface area contributed by atoms with Crippen molar-refractivity contribution in [3.63, 3.8) is 0 Å². The predicted octanol–water partition coefficient (Wildman–Crippen LogP) is 2.91. The molecule has 25 heavy (non-hydrogen) atoms. The van der Waals surface area contributed by atoms with E-state index in [2.05, 4.69) is 59.5 Å². The van der Waals surface area contributed by atoms with Crippen LogP contribution in [0.1, 0.15) is 22.3 Å². The number of aliphatic hydroxyl groups excluding tert-OH is 1. The number of ether oxygens (including phenoxy) is 1. The molecule has 0 saturated carbocycles. The minimum absolute atomic E-state index is 0.0644. The Morgan fingerprint density at radius 2 is 1.64 bits per heavy atom. The molecule has 0 amide bonds. The van der Waals surface area contributed by atoms with Crippen LogP contribution in [0.25, 0.3) is 5.57 Å². The Balaban J connectivity index is 1.74. The lowest BCUT2D eigenvalue weighted by atomic mass is 9.92. The molecule has 1 fully saturated rings. The average molecular weight is 335 g/mol. The number of hydrogen-bond donors (Lipinski definition) is 1. The quantitative estimate of drug-likeness (QED) is 0.936. The van der Waals surface area contributed by atoms with Crippen LogP contribution in [-0.2, 0) is 17.6 Å². The maximum absolute atomic E-state index is 9.23. The Bertz CT molecular complexity index is 717. The van der Waals surface area contributed by atoms with Gasteiger partial charge < -0.3 is 9.84 Å². The largest absolute Gasteiger partial charge is 0.395 e. The lowest BCUT2D eigenvalue weighted by molar-refractivity contribution is -0.00790. The standard InChI is InChI=1S/C22H25NO2/c24-13-11-23-12-14-25-19(16-23)15-22-20-7-3-1-5-17(20)9-10-18-6-2-4-8-21(18)22/h1-8,15,19,24H,9-14,16H2. The van der Waals surface area contributed by atoms with Crippen LogP contribution in [-0.4, -0.2) is 49.0 Å². The molecule has 3 heteroatoms. The van der Waals surface area contributed by atoms with E-state index in [1.165, 1.54) is 27.8 Å². The Morgan fingerprint density at radius 1 is 1.00 bits per heavy atom. The van der Waals surface area contributed by atoms with Crippen molar-refractivity contribution in [2.75, 3.05) is 32.8 Å². The van der Waals surface area contributed by atoms with E-state index in [-0.39, 0.29) is 12.7 Å². The van der Waals surface area contributed by atoms with E-state index in [0.29, 0.717) is 0 Å². The highest BCUT2D eigenvalue weighted by Gasteiger charge is 2.22. The summed E-state index contributed by atoms with van der Waals surface area (Å²) in [7, 11) is 0. The molecule has 1 unspecified atom stereocenters. The first-order valence-electron chi connectivity index (χ1n) is 9.18. The number of aryl methyl sites for hydroxylation is 2. The molecule has 1 saturated heterocycles. The molecular formula is C22H25NO2. The average Bonchev–Trinajstić information content (AvgIpc) is 2.80. The highest BCUT2D eigenvalue weighted by Crippen LogP contribution is 2.34. The lowest BCUT2D eigenvalue weighted by Gasteiger charge is -2.31. The van der Waals surface area contributed by atoms with Gasteiger partial charge in [-0.1, -0.05) is 48.5 Å². The Kier molecular flexibility index (Phi) is 4.97. The number of hydrogen-bond acceptors (Lipinski definition) is 3. The van der Waals surface area contributed by atoms with Crippen molar-refractivity contribution >= 4 is 5.57 Å². The summed E-state index contributed by atoms with van der Waals surface area (Å²) < 4.78 is 6.03. The Hall–Kier alpha value is -1.94. The molecule has 2 aromatic carbocycles. The van der Waals surface area contributed by atoms with Crippen molar-refractivity contribution in [3.8, 4) is 0 Å². The predicted molar refractivity (Wildman–Crippen MR) is 101 cm³/mol. The summed E-state index contributed by atoms with van der Waals surface area (Å²) >= 11 is 0. The van der Waals surface area contributed by atoms with Crippen LogP contribution in [0, 0.1) is 0 Å². The molecule has 1 aliphatic carbocycles. The third-order valence-electron chi connectivity index (χ3n) is 5.23. The summed E-state index contributed by atoms with van der Waals surface area (Å²) in [6.45, 7) is 3.38. The second-order valence-electron chi connectivity index (χ2n) is 6.83. The number of β-amino-alcohol motifs (C(OH)–C–C–N with tert-alkyl or cyclic N) is 1. The Labute approximate surface area is 149 Å². The zero-order chi connectivity index (χ0) is 17.1. The summed E-state index contributed by atoms with van der Waals surface area (Å²) in [5.74, 6) is 0. The topological polar surface area (TPSA) is 32.7 Å². The highest BCUT2D eigenvalue weighted by molar-refractivity contribution is 5.84. The van der Waals surface area contributed by atoms with Crippen LogP contribution in [0.2, 0.25) is 0 Å². The fourth-order valence-electron chi connectivity index (χ4n) is 3.96. The van der Waals surface area contributed by atoms with Crippen molar-refractivity contribution in [3.05, 3.63) is 76.9 Å². The van der Waals surface area contributed by atoms with Gasteiger partial charge in [0.2, 0.25) is 0 Å². The molecular weight excluding hydrogens is 310 g/mol. The van der Waals surface area contributed by atoms with Crippen molar-refractivity contribution in [2.45, 2.75) is 18.9 Å². The number of aliphatic hydroxyl groups is 1. The fraction of sp³-hybridized carbons (Fsp3) is 0.364. The van der Waals surface area contributed by atoms with Crippen LogP contribution >= 0.6 is 0 Å². The van der Waals surface area contributed by atoms with Gasteiger partial charge in [0.15, 0.2) is 0 Å². The van der Waals surface area contributed by atoms with E-state index < -0.39 is 0 Å². The van der Waals surface area contributed by atoms with Gasteiger partial charge >= 0.3 is 0 Å². The van der Waals surface area contributed by atoms with E-state index in [1.807, 2.05) is 0 Å². The first kappa shape index (κ1) is 16.5. The molecule has 0 spiro atoms. The minimum Gasteiger partial charge on any atom is -0.395 e. The zero-order valence-corrected chi connectivity index (χ0v) is 14.5. The van der Waals surface area contributed by atoms with Gasteiger partial charge in [-0.05, 0) is 46.7 Å². The number of fused-ring (bicyclic) bond motifs is 2. The highest BCUT2D eigenvalue weighted by atomic mass is 16.5. The van der Waals surface area contributed by atoms with Gasteiger partial charge in [0.25, 0.3) is 0 Å². The molecule has 3 nitrogen and oxygen atoms in total. The third kappa shape index (κ3) is 3.54. The molecule has 1 atom stereocenters. The molecule has 1 N–H and O–H groups in total. The second kappa shape index (κ2) is 7.52. The van der Waals surface area contributed by atoms with Crippen LogP contribution in [0.3, 0.4) is 0 Å². The number of morpholine rings is 1. The summed E-state index contributed by atoms with van der Waals surface area (Å²) in [5.41, 5.74) is 6.77. The Morgan fingerprint density at radius 3 is 2.28 bits per heavy atom. The van der Waals surface area contributed by atoms with E-state index >= 15 is 0 Å². The number of rotatable bonds is 3. The van der Waals surface area contributed by atoms with Crippen molar-refractivity contribution in [1.82, 2.24) is 4.90 Å². The van der Waals surface area contributed by atoms with Gasteiger partial charge in [0.1, 0.15) is 0 Å². The van der Waals surface area contributed by atoms with E-state index in [1.54, 1.807) is 0 Å². The van der Waals surface area contributed by atoms with Gasteiger partial charge in [0, 0.05) is 19.6 Å². The number of benzene rings is 2. The number of nitrogens with zero attached hydrogens (tertiary/aromatic N) is 1. The van der Waals surface area contributed by atoms with Crippen molar-refractivity contribution < 1.29 is 9.84 Å². The molecule has 2 aliphatic rings. The van der Waals surface area contributed by atoms with Gasteiger partial charge in [-0.2, -0.15) is 0 Å². The first-order valence-corrected chi connectivity index (χ1v) is 9.18. The fourth-order valence-corrected chi connectivity index (χ4v) is 3.96. The van der Waals surface area contributed by atoms with E-state index in [9.17, 15) is 5.11 Å². The van der Waals surface area contributed by atoms with Gasteiger partial charge in [0.05, 0.1) is 19.3 Å². The molecule has 4 rings (SSSR count). The van der Waals surface area contributed by atoms with Crippen molar-refractivity contribution in [1.29, 1.82) is 0 Å². The van der Waals surface area contributed by atoms with E-state index in [4.69, 9.17) is 4.74 Å². The first-order chi connectivity index (χ1) is 12.3. The maximum atomic E-state index is 9.23.